The number of ether oxygens (including phenoxy) is 1. The van der Waals surface area contributed by atoms with E-state index in [-0.39, 0.29) is 0 Å². The average molecular weight is 651 g/mol. The lowest BCUT2D eigenvalue weighted by Crippen LogP contribution is -2.35. The Kier molecular flexibility index (Phi) is 8.00. The number of sulfonamides is 1. The van der Waals surface area contributed by atoms with Gasteiger partial charge in [0.1, 0.15) is 5.75 Å². The van der Waals surface area contributed by atoms with Gasteiger partial charge in [0.15, 0.2) is 0 Å². The van der Waals surface area contributed by atoms with Gasteiger partial charge in [-0.1, -0.05) is 54.8 Å². The quantitative estimate of drug-likeness (QED) is 0.192. The van der Waals surface area contributed by atoms with E-state index in [1.165, 1.54) is 24.8 Å². The van der Waals surface area contributed by atoms with Crippen LogP contribution in [-0.4, -0.2) is 41.4 Å². The zero-order valence-corrected chi connectivity index (χ0v) is 27.9. The number of allylic oxidation sites excluding steroid dienone is 1. The molecule has 0 unspecified atom stereocenters. The van der Waals surface area contributed by atoms with Gasteiger partial charge in [0.2, 0.25) is 21.7 Å². The predicted octanol–water partition coefficient (Wildman–Crippen LogP) is 7.75. The lowest BCUT2D eigenvalue weighted by molar-refractivity contribution is 0.0981. The van der Waals surface area contributed by atoms with E-state index in [2.05, 4.69) is 43.7 Å². The summed E-state index contributed by atoms with van der Waals surface area (Å²) in [5, 5.41) is 4.58. The molecule has 1 saturated carbocycles. The second kappa shape index (κ2) is 12.2. The van der Waals surface area contributed by atoms with Crippen LogP contribution >= 0.6 is 0 Å². The number of aromatic nitrogens is 3. The summed E-state index contributed by atoms with van der Waals surface area (Å²) in [7, 11) is -2.13. The van der Waals surface area contributed by atoms with Crippen LogP contribution in [0.15, 0.2) is 65.2 Å². The first-order valence-electron chi connectivity index (χ1n) is 16.2. The molecule has 3 heterocycles. The summed E-state index contributed by atoms with van der Waals surface area (Å²) in [4.78, 5) is 17.9. The summed E-state index contributed by atoms with van der Waals surface area (Å²) < 4.78 is 40.9. The first-order valence-corrected chi connectivity index (χ1v) is 17.7. The van der Waals surface area contributed by atoms with Gasteiger partial charge in [-0.2, -0.15) is 4.98 Å². The molecule has 2 aliphatic rings. The van der Waals surface area contributed by atoms with Crippen molar-refractivity contribution in [3.05, 3.63) is 88.8 Å². The number of aryl methyl sites for hydroxylation is 1. The number of benzene rings is 3. The van der Waals surface area contributed by atoms with Crippen molar-refractivity contribution >= 4 is 38.5 Å². The molecule has 0 atom stereocenters. The van der Waals surface area contributed by atoms with Crippen LogP contribution in [0.1, 0.15) is 84.8 Å². The standard InChI is InChI=1S/C37H38N4O5S/c1-22(2)47(43,44)40-37(42)25-14-16-32-33(20-25)41-21-27(29-12-8-9-13-31(29)36-38-23(3)46-39-36)18-26-19-28(45-4)15-17-30(26)35(41)34(32)24-10-6-5-7-11-24/h8-9,12-20,22,24H,5-7,10-11,21H2,1-4H3,(H,40,42). The third kappa shape index (κ3) is 5.65. The molecule has 47 heavy (non-hydrogen) atoms. The monoisotopic (exact) mass is 650 g/mol. The average Bonchev–Trinajstić information content (AvgIpc) is 3.60. The molecule has 1 fully saturated rings. The van der Waals surface area contributed by atoms with Gasteiger partial charge in [0.05, 0.1) is 18.1 Å². The molecule has 5 aromatic rings. The summed E-state index contributed by atoms with van der Waals surface area (Å²) in [6.45, 7) is 5.38. The minimum Gasteiger partial charge on any atom is -0.497 e. The van der Waals surface area contributed by atoms with E-state index in [0.717, 1.165) is 63.0 Å². The van der Waals surface area contributed by atoms with Gasteiger partial charge in [0, 0.05) is 41.1 Å². The minimum atomic E-state index is -3.80. The molecular formula is C37H38N4O5S. The molecule has 0 spiro atoms. The van der Waals surface area contributed by atoms with Crippen LogP contribution < -0.4 is 9.46 Å². The zero-order valence-electron chi connectivity index (χ0n) is 27.0. The van der Waals surface area contributed by atoms with Crippen LogP contribution in [0.5, 0.6) is 5.75 Å². The zero-order chi connectivity index (χ0) is 32.9. The smallest absolute Gasteiger partial charge is 0.264 e. The van der Waals surface area contributed by atoms with Crippen LogP contribution in [0.2, 0.25) is 0 Å². The second-order valence-electron chi connectivity index (χ2n) is 12.7. The summed E-state index contributed by atoms with van der Waals surface area (Å²) in [5.41, 5.74) is 8.54. The Hall–Kier alpha value is -4.70. The maximum absolute atomic E-state index is 13.4. The minimum absolute atomic E-state index is 0.296. The Labute approximate surface area is 274 Å². The maximum atomic E-state index is 13.4. The van der Waals surface area contributed by atoms with E-state index in [4.69, 9.17) is 9.26 Å². The molecule has 9 nitrogen and oxygen atoms in total. The number of rotatable bonds is 7. The van der Waals surface area contributed by atoms with Crippen molar-refractivity contribution in [1.29, 1.82) is 0 Å². The number of methoxy groups -OCH3 is 1. The fourth-order valence-electron chi connectivity index (χ4n) is 7.02. The number of carbonyl (C=O) groups is 1. The van der Waals surface area contributed by atoms with E-state index < -0.39 is 21.2 Å². The lowest BCUT2D eigenvalue weighted by Gasteiger charge is -2.24. The highest BCUT2D eigenvalue weighted by molar-refractivity contribution is 7.90. The Balaban J connectivity index is 1.48. The number of nitrogens with one attached hydrogen (secondary N) is 1. The highest BCUT2D eigenvalue weighted by Gasteiger charge is 2.31. The largest absolute Gasteiger partial charge is 0.497 e. The van der Waals surface area contributed by atoms with Crippen LogP contribution in [0.3, 0.4) is 0 Å². The van der Waals surface area contributed by atoms with Gasteiger partial charge in [0.25, 0.3) is 5.91 Å². The van der Waals surface area contributed by atoms with Crippen LogP contribution in [0.25, 0.3) is 45.2 Å². The number of nitrogens with zero attached hydrogens (tertiary/aromatic N) is 3. The summed E-state index contributed by atoms with van der Waals surface area (Å²) in [5.74, 6) is 1.48. The molecule has 242 valence electrons. The first-order chi connectivity index (χ1) is 22.6. The number of hydrogen-bond donors (Lipinski definition) is 1. The van der Waals surface area contributed by atoms with E-state index >= 15 is 0 Å². The predicted molar refractivity (Wildman–Crippen MR) is 184 cm³/mol. The van der Waals surface area contributed by atoms with E-state index in [0.29, 0.717) is 29.7 Å². The van der Waals surface area contributed by atoms with Crippen LogP contribution in [-0.2, 0) is 16.6 Å². The van der Waals surface area contributed by atoms with Gasteiger partial charge in [-0.15, -0.1) is 0 Å². The molecule has 1 amide bonds. The Morgan fingerprint density at radius 3 is 2.47 bits per heavy atom. The third-order valence-electron chi connectivity index (χ3n) is 9.45. The van der Waals surface area contributed by atoms with Crippen LogP contribution in [0, 0.1) is 6.92 Å². The summed E-state index contributed by atoms with van der Waals surface area (Å²) in [6, 6.07) is 19.8. The highest BCUT2D eigenvalue weighted by atomic mass is 32.2. The Morgan fingerprint density at radius 1 is 1.00 bits per heavy atom. The van der Waals surface area contributed by atoms with Crippen molar-refractivity contribution in [2.24, 2.45) is 0 Å². The van der Waals surface area contributed by atoms with Crippen molar-refractivity contribution in [2.45, 2.75) is 70.6 Å². The first kappa shape index (κ1) is 30.9. The molecule has 1 N–H and O–H groups in total. The van der Waals surface area contributed by atoms with Gasteiger partial charge in [-0.3, -0.25) is 4.79 Å². The Bertz CT molecular complexity index is 2150. The number of hydrogen-bond acceptors (Lipinski definition) is 7. The molecule has 1 aliphatic heterocycles. The highest BCUT2D eigenvalue weighted by Crippen LogP contribution is 2.48. The molecule has 0 radical (unpaired) electrons. The van der Waals surface area contributed by atoms with Crippen molar-refractivity contribution < 1.29 is 22.5 Å². The van der Waals surface area contributed by atoms with Gasteiger partial charge < -0.3 is 13.8 Å². The van der Waals surface area contributed by atoms with Crippen molar-refractivity contribution in [3.8, 4) is 28.4 Å². The van der Waals surface area contributed by atoms with E-state index in [1.807, 2.05) is 36.4 Å². The number of amides is 1. The molecule has 0 saturated heterocycles. The van der Waals surface area contributed by atoms with Crippen molar-refractivity contribution in [1.82, 2.24) is 19.4 Å². The maximum Gasteiger partial charge on any atom is 0.264 e. The SMILES string of the molecule is COc1ccc2c(c1)C=C(c1ccccc1-c1noc(C)n1)Cn1c-2c(C2CCCCC2)c2ccc(C(=O)NS(=O)(=O)C(C)C)cc21. The lowest BCUT2D eigenvalue weighted by atomic mass is 9.81. The molecule has 7 rings (SSSR count). The van der Waals surface area contributed by atoms with E-state index in [9.17, 15) is 13.2 Å². The fraction of sp³-hybridized carbons (Fsp3) is 0.324. The molecule has 2 aromatic heterocycles. The second-order valence-corrected chi connectivity index (χ2v) is 15.0. The topological polar surface area (TPSA) is 116 Å². The molecule has 3 aromatic carbocycles. The van der Waals surface area contributed by atoms with Crippen molar-refractivity contribution in [2.75, 3.05) is 7.11 Å². The van der Waals surface area contributed by atoms with E-state index in [1.54, 1.807) is 33.9 Å². The van der Waals surface area contributed by atoms with Crippen LogP contribution in [0.4, 0.5) is 0 Å². The molecular weight excluding hydrogens is 612 g/mol. The molecule has 10 heteroatoms. The number of carbonyl (C=O) groups excluding carboxylic acids is 1. The van der Waals surface area contributed by atoms with Crippen molar-refractivity contribution in [3.63, 3.8) is 0 Å². The number of fused-ring (bicyclic) bond motifs is 5. The summed E-state index contributed by atoms with van der Waals surface area (Å²) in [6.07, 6.45) is 7.95. The van der Waals surface area contributed by atoms with Gasteiger partial charge in [-0.05, 0) is 91.3 Å². The Morgan fingerprint density at radius 2 is 1.77 bits per heavy atom. The molecule has 0 bridgehead atoms. The summed E-state index contributed by atoms with van der Waals surface area (Å²) >= 11 is 0. The third-order valence-corrected chi connectivity index (χ3v) is 11.2. The van der Waals surface area contributed by atoms with Gasteiger partial charge in [-0.25, -0.2) is 13.1 Å². The normalized spacial score (nSPS) is 15.2. The van der Waals surface area contributed by atoms with Gasteiger partial charge >= 0.3 is 0 Å². The fourth-order valence-corrected chi connectivity index (χ4v) is 7.63. The molecule has 1 aliphatic carbocycles.